The molecular weight excluding hydrogens is 212 g/mol. The van der Waals surface area contributed by atoms with Crippen molar-refractivity contribution >= 4 is 5.91 Å². The third-order valence-electron chi connectivity index (χ3n) is 4.55. The highest BCUT2D eigenvalue weighted by atomic mass is 16.2. The van der Waals surface area contributed by atoms with Crippen LogP contribution in [0.2, 0.25) is 0 Å². The Morgan fingerprint density at radius 2 is 2.06 bits per heavy atom. The van der Waals surface area contributed by atoms with Crippen molar-refractivity contribution in [3.8, 4) is 0 Å². The number of nitrogens with two attached hydrogens (primary N) is 1. The number of fused-ring (bicyclic) bond motifs is 1. The fraction of sp³-hybridized carbons (Fsp3) is 0.929. The molecule has 0 aromatic heterocycles. The molecule has 0 aromatic rings. The molecule has 1 aliphatic heterocycles. The summed E-state index contributed by atoms with van der Waals surface area (Å²) < 4.78 is 0. The van der Waals surface area contributed by atoms with E-state index in [1.54, 1.807) is 0 Å². The van der Waals surface area contributed by atoms with Crippen LogP contribution >= 0.6 is 0 Å². The van der Waals surface area contributed by atoms with E-state index in [0.29, 0.717) is 17.9 Å². The molecule has 2 unspecified atom stereocenters. The molecule has 3 heteroatoms. The highest BCUT2D eigenvalue weighted by molar-refractivity contribution is 5.78. The average Bonchev–Trinajstić information content (AvgIpc) is 2.71. The lowest BCUT2D eigenvalue weighted by Crippen LogP contribution is -2.34. The molecule has 1 saturated heterocycles. The maximum atomic E-state index is 12.3. The Morgan fingerprint density at radius 3 is 2.76 bits per heavy atom. The van der Waals surface area contributed by atoms with Gasteiger partial charge in [-0.3, -0.25) is 4.79 Å². The van der Waals surface area contributed by atoms with Crippen molar-refractivity contribution in [1.82, 2.24) is 4.90 Å². The van der Waals surface area contributed by atoms with Gasteiger partial charge >= 0.3 is 0 Å². The molecule has 17 heavy (non-hydrogen) atoms. The highest BCUT2D eigenvalue weighted by Crippen LogP contribution is 2.36. The normalized spacial score (nSPS) is 34.5. The predicted octanol–water partition coefficient (Wildman–Crippen LogP) is 2.01. The molecule has 2 fully saturated rings. The standard InChI is InChI=1S/C14H26N2O/c1-3-4-10(2)14(17)16-8-11-5-6-13(15)7-12(11)9-16/h10-13H,3-9,15H2,1-2H3/t10?,11-,12+,13?/m1/s1. The van der Waals surface area contributed by atoms with Crippen molar-refractivity contribution < 1.29 is 4.79 Å². The number of likely N-dealkylation sites (tertiary alicyclic amines) is 1. The van der Waals surface area contributed by atoms with Crippen LogP contribution < -0.4 is 5.73 Å². The quantitative estimate of drug-likeness (QED) is 0.817. The molecule has 1 saturated carbocycles. The van der Waals surface area contributed by atoms with Crippen LogP contribution in [0.5, 0.6) is 0 Å². The van der Waals surface area contributed by atoms with E-state index in [9.17, 15) is 4.79 Å². The molecule has 2 rings (SSSR count). The van der Waals surface area contributed by atoms with Gasteiger partial charge in [0.25, 0.3) is 0 Å². The summed E-state index contributed by atoms with van der Waals surface area (Å²) in [5, 5.41) is 0. The first-order valence-corrected chi connectivity index (χ1v) is 7.16. The van der Waals surface area contributed by atoms with Crippen molar-refractivity contribution in [1.29, 1.82) is 0 Å². The molecule has 1 heterocycles. The number of carbonyl (C=O) groups excluding carboxylic acids is 1. The first-order valence-electron chi connectivity index (χ1n) is 7.16. The zero-order valence-electron chi connectivity index (χ0n) is 11.2. The second kappa shape index (κ2) is 5.38. The van der Waals surface area contributed by atoms with Gasteiger partial charge in [-0.2, -0.15) is 0 Å². The average molecular weight is 238 g/mol. The van der Waals surface area contributed by atoms with Crippen molar-refractivity contribution in [2.45, 2.75) is 52.0 Å². The Kier molecular flexibility index (Phi) is 4.08. The van der Waals surface area contributed by atoms with Gasteiger partial charge in [0.1, 0.15) is 0 Å². The van der Waals surface area contributed by atoms with E-state index in [2.05, 4.69) is 18.7 Å². The molecule has 0 radical (unpaired) electrons. The summed E-state index contributed by atoms with van der Waals surface area (Å²) in [4.78, 5) is 14.4. The maximum absolute atomic E-state index is 12.3. The molecule has 0 aromatic carbocycles. The zero-order chi connectivity index (χ0) is 12.4. The minimum Gasteiger partial charge on any atom is -0.342 e. The summed E-state index contributed by atoms with van der Waals surface area (Å²) in [5.74, 6) is 1.98. The number of hydrogen-bond acceptors (Lipinski definition) is 2. The van der Waals surface area contributed by atoms with E-state index < -0.39 is 0 Å². The van der Waals surface area contributed by atoms with Crippen molar-refractivity contribution in [3.05, 3.63) is 0 Å². The molecular formula is C14H26N2O. The van der Waals surface area contributed by atoms with Crippen molar-refractivity contribution in [2.24, 2.45) is 23.5 Å². The first-order chi connectivity index (χ1) is 8.11. The monoisotopic (exact) mass is 238 g/mol. The van der Waals surface area contributed by atoms with Crippen LogP contribution in [0.15, 0.2) is 0 Å². The molecule has 0 bridgehead atoms. The van der Waals surface area contributed by atoms with Gasteiger partial charge < -0.3 is 10.6 Å². The molecule has 1 aliphatic carbocycles. The van der Waals surface area contributed by atoms with Crippen molar-refractivity contribution in [3.63, 3.8) is 0 Å². The van der Waals surface area contributed by atoms with Crippen LogP contribution in [0, 0.1) is 17.8 Å². The first kappa shape index (κ1) is 12.9. The second-order valence-electron chi connectivity index (χ2n) is 6.03. The van der Waals surface area contributed by atoms with Crippen molar-refractivity contribution in [2.75, 3.05) is 13.1 Å². The van der Waals surface area contributed by atoms with Crippen LogP contribution in [-0.4, -0.2) is 29.9 Å². The number of amides is 1. The zero-order valence-corrected chi connectivity index (χ0v) is 11.2. The third kappa shape index (κ3) is 2.82. The van der Waals surface area contributed by atoms with E-state index in [1.165, 1.54) is 6.42 Å². The number of hydrogen-bond donors (Lipinski definition) is 1. The molecule has 3 nitrogen and oxygen atoms in total. The number of nitrogens with zero attached hydrogens (tertiary/aromatic N) is 1. The summed E-state index contributed by atoms with van der Waals surface area (Å²) in [6, 6.07) is 0.374. The Labute approximate surface area is 105 Å². The number of rotatable bonds is 3. The van der Waals surface area contributed by atoms with Crippen LogP contribution in [0.1, 0.15) is 46.0 Å². The van der Waals surface area contributed by atoms with Gasteiger partial charge in [0, 0.05) is 25.0 Å². The lowest BCUT2D eigenvalue weighted by molar-refractivity contribution is -0.134. The number of carbonyl (C=O) groups is 1. The van der Waals surface area contributed by atoms with E-state index in [0.717, 1.165) is 44.7 Å². The Hall–Kier alpha value is -0.570. The van der Waals surface area contributed by atoms with E-state index in [4.69, 9.17) is 5.73 Å². The molecule has 0 spiro atoms. The summed E-state index contributed by atoms with van der Waals surface area (Å²) in [7, 11) is 0. The van der Waals surface area contributed by atoms with Crippen LogP contribution in [0.25, 0.3) is 0 Å². The smallest absolute Gasteiger partial charge is 0.225 e. The summed E-state index contributed by atoms with van der Waals surface area (Å²) in [6.07, 6.45) is 5.60. The van der Waals surface area contributed by atoms with E-state index in [1.807, 2.05) is 0 Å². The van der Waals surface area contributed by atoms with Gasteiger partial charge in [-0.25, -0.2) is 0 Å². The molecule has 98 valence electrons. The topological polar surface area (TPSA) is 46.3 Å². The second-order valence-corrected chi connectivity index (χ2v) is 6.03. The molecule has 1 amide bonds. The summed E-state index contributed by atoms with van der Waals surface area (Å²) >= 11 is 0. The minimum absolute atomic E-state index is 0.203. The third-order valence-corrected chi connectivity index (χ3v) is 4.55. The Balaban J connectivity index is 1.90. The van der Waals surface area contributed by atoms with Gasteiger partial charge in [-0.15, -0.1) is 0 Å². The van der Waals surface area contributed by atoms with Crippen LogP contribution in [0.4, 0.5) is 0 Å². The lowest BCUT2D eigenvalue weighted by Gasteiger charge is -2.27. The van der Waals surface area contributed by atoms with Gasteiger partial charge in [0.05, 0.1) is 0 Å². The van der Waals surface area contributed by atoms with Crippen LogP contribution in [0.3, 0.4) is 0 Å². The maximum Gasteiger partial charge on any atom is 0.225 e. The van der Waals surface area contributed by atoms with Gasteiger partial charge in [-0.05, 0) is 37.5 Å². The lowest BCUT2D eigenvalue weighted by atomic mass is 9.79. The molecule has 4 atom stereocenters. The SMILES string of the molecule is CCCC(C)C(=O)N1C[C@H]2CCC(N)C[C@H]2C1. The fourth-order valence-electron chi connectivity index (χ4n) is 3.52. The minimum atomic E-state index is 0.203. The predicted molar refractivity (Wildman–Crippen MR) is 69.5 cm³/mol. The Morgan fingerprint density at radius 1 is 1.35 bits per heavy atom. The van der Waals surface area contributed by atoms with Gasteiger partial charge in [0.2, 0.25) is 5.91 Å². The summed E-state index contributed by atoms with van der Waals surface area (Å²) in [5.41, 5.74) is 6.02. The molecule has 2 N–H and O–H groups in total. The summed E-state index contributed by atoms with van der Waals surface area (Å²) in [6.45, 7) is 6.17. The fourth-order valence-corrected chi connectivity index (χ4v) is 3.52. The largest absolute Gasteiger partial charge is 0.342 e. The molecule has 2 aliphatic rings. The van der Waals surface area contributed by atoms with Crippen LogP contribution in [-0.2, 0) is 4.79 Å². The highest BCUT2D eigenvalue weighted by Gasteiger charge is 2.39. The van der Waals surface area contributed by atoms with Gasteiger partial charge in [0.15, 0.2) is 0 Å². The Bertz CT molecular complexity index is 279. The van der Waals surface area contributed by atoms with E-state index >= 15 is 0 Å². The van der Waals surface area contributed by atoms with Gasteiger partial charge in [-0.1, -0.05) is 20.3 Å². The van der Waals surface area contributed by atoms with E-state index in [-0.39, 0.29) is 5.92 Å².